The van der Waals surface area contributed by atoms with Gasteiger partial charge in [-0.1, -0.05) is 89.6 Å². The molecule has 0 bridgehead atoms. The largest absolute Gasteiger partial charge is 4.00 e. The van der Waals surface area contributed by atoms with Crippen LogP contribution in [0.4, 0.5) is 0 Å². The summed E-state index contributed by atoms with van der Waals surface area (Å²) in [7, 11) is -1.78. The maximum Gasteiger partial charge on any atom is 4.00 e. The van der Waals surface area contributed by atoms with Crippen LogP contribution in [0.2, 0.25) is 36.3 Å². The molecule has 0 atom stereocenters. The van der Waals surface area contributed by atoms with E-state index in [0.29, 0.717) is 0 Å². The smallest absolute Gasteiger partial charge is 1.00 e. The van der Waals surface area contributed by atoms with Crippen LogP contribution in [0.25, 0.3) is 0 Å². The van der Waals surface area contributed by atoms with Gasteiger partial charge in [0.15, 0.2) is 0 Å². The number of hydrogen-bond acceptors (Lipinski definition) is 0. The van der Waals surface area contributed by atoms with Gasteiger partial charge >= 0.3 is 25.8 Å². The average molecular weight is 632 g/mol. The topological polar surface area (TPSA) is 0 Å². The van der Waals surface area contributed by atoms with Crippen molar-refractivity contribution in [3.8, 4) is 0 Å². The molecular weight excluding hydrogens is 594 g/mol. The summed E-state index contributed by atoms with van der Waals surface area (Å²) >= 11 is 0. The first-order valence-corrected chi connectivity index (χ1v) is 16.4. The molecule has 2 aromatic carbocycles. The summed E-state index contributed by atoms with van der Waals surface area (Å²) in [6.45, 7) is 9.29. The van der Waals surface area contributed by atoms with E-state index in [0.717, 1.165) is 0 Å². The van der Waals surface area contributed by atoms with Gasteiger partial charge in [-0.15, -0.1) is 0 Å². The minimum atomic E-state index is -0.888. The molecule has 0 spiro atoms. The third-order valence-corrected chi connectivity index (χ3v) is 18.7. The van der Waals surface area contributed by atoms with Crippen LogP contribution in [0.1, 0.15) is 51.7 Å². The maximum atomic E-state index is 2.48. The zero-order chi connectivity index (χ0) is 18.6. The Labute approximate surface area is 213 Å². The van der Waals surface area contributed by atoms with Gasteiger partial charge in [-0.3, -0.25) is 0 Å². The van der Waals surface area contributed by atoms with E-state index in [2.05, 4.69) is 64.1 Å². The predicted molar refractivity (Wildman–Crippen MR) is 123 cm³/mol. The molecule has 0 aliphatic carbocycles. The van der Waals surface area contributed by atoms with Crippen LogP contribution in [0.3, 0.4) is 0 Å². The molecule has 160 valence electrons. The quantitative estimate of drug-likeness (QED) is 0.314. The molecule has 0 saturated carbocycles. The minimum absolute atomic E-state index is 0. The third kappa shape index (κ3) is 6.31. The summed E-state index contributed by atoms with van der Waals surface area (Å²) in [5, 5.41) is 3.50. The molecule has 0 unspecified atom stereocenters. The van der Waals surface area contributed by atoms with Gasteiger partial charge in [-0.05, 0) is 0 Å². The van der Waals surface area contributed by atoms with Crippen molar-refractivity contribution in [2.75, 3.05) is 0 Å². The Morgan fingerprint density at radius 3 is 1.21 bits per heavy atom. The van der Waals surface area contributed by atoms with Crippen molar-refractivity contribution in [3.63, 3.8) is 0 Å². The minimum Gasteiger partial charge on any atom is -1.00 e. The molecule has 0 N–H and O–H groups in total. The molecule has 2 fully saturated rings. The Balaban J connectivity index is 0.000000490. The molecule has 0 radical (unpaired) electrons. The Morgan fingerprint density at radius 2 is 1.03 bits per heavy atom. The van der Waals surface area contributed by atoms with E-state index in [1.54, 1.807) is 45.7 Å². The van der Waals surface area contributed by atoms with E-state index in [1.807, 2.05) is 0 Å². The second kappa shape index (κ2) is 13.2. The molecular formula is C24H38Cl2HfSi2. The zero-order valence-corrected chi connectivity index (χ0v) is 25.9. The van der Waals surface area contributed by atoms with E-state index in [1.165, 1.54) is 37.8 Å². The number of aryl methyl sites for hydroxylation is 2. The van der Waals surface area contributed by atoms with Crippen molar-refractivity contribution in [1.82, 2.24) is 0 Å². The first kappa shape index (κ1) is 29.6. The molecule has 2 saturated heterocycles. The normalized spacial score (nSPS) is 17.8. The van der Waals surface area contributed by atoms with Gasteiger partial charge in [0.25, 0.3) is 0 Å². The summed E-state index contributed by atoms with van der Waals surface area (Å²) in [5.74, 6) is 0. The summed E-state index contributed by atoms with van der Waals surface area (Å²) in [4.78, 5) is 0. The van der Waals surface area contributed by atoms with Crippen molar-refractivity contribution in [2.24, 2.45) is 0 Å². The number of hydrogen-bond donors (Lipinski definition) is 0. The third-order valence-electron chi connectivity index (χ3n) is 7.65. The van der Waals surface area contributed by atoms with E-state index >= 15 is 0 Å². The van der Waals surface area contributed by atoms with Crippen LogP contribution in [-0.4, -0.2) is 16.1 Å². The van der Waals surface area contributed by atoms with Crippen molar-refractivity contribution < 1.29 is 50.7 Å². The van der Waals surface area contributed by atoms with Crippen LogP contribution in [-0.2, 0) is 38.7 Å². The van der Waals surface area contributed by atoms with Crippen LogP contribution in [0.5, 0.6) is 0 Å². The Kier molecular flexibility index (Phi) is 13.5. The Morgan fingerprint density at radius 1 is 0.690 bits per heavy atom. The number of halogens is 2. The zero-order valence-electron chi connectivity index (χ0n) is 18.8. The summed E-state index contributed by atoms with van der Waals surface area (Å²) < 4.78 is 0. The summed E-state index contributed by atoms with van der Waals surface area (Å²) in [6.07, 6.45) is 5.39. The van der Waals surface area contributed by atoms with Gasteiger partial charge in [0.2, 0.25) is 0 Å². The average Bonchev–Trinajstić information content (AvgIpc) is 3.24. The van der Waals surface area contributed by atoms with Crippen LogP contribution < -0.4 is 35.2 Å². The van der Waals surface area contributed by atoms with E-state index in [9.17, 15) is 0 Å². The molecule has 2 aliphatic rings. The second-order valence-corrected chi connectivity index (χ2v) is 18.4. The monoisotopic (exact) mass is 632 g/mol. The molecule has 0 amide bonds. The maximum absolute atomic E-state index is 2.48. The van der Waals surface area contributed by atoms with Crippen molar-refractivity contribution >= 4 is 26.5 Å². The molecule has 0 aromatic heterocycles. The fourth-order valence-corrected chi connectivity index (χ4v) is 12.6. The number of rotatable bonds is 6. The molecule has 5 heteroatoms. The van der Waals surface area contributed by atoms with Crippen molar-refractivity contribution in [1.29, 1.82) is 0 Å². The van der Waals surface area contributed by atoms with Crippen LogP contribution >= 0.6 is 0 Å². The van der Waals surface area contributed by atoms with Crippen molar-refractivity contribution in [3.05, 3.63) is 47.5 Å². The molecule has 2 heterocycles. The predicted octanol–water partition coefficient (Wildman–Crippen LogP) is 0.100. The summed E-state index contributed by atoms with van der Waals surface area (Å²) in [5.41, 5.74) is 3.09. The Bertz CT molecular complexity index is 628. The first-order chi connectivity index (χ1) is 12.6. The van der Waals surface area contributed by atoms with Crippen LogP contribution in [0, 0.1) is 0 Å². The molecule has 29 heavy (non-hydrogen) atoms. The molecule has 4 rings (SSSR count). The van der Waals surface area contributed by atoms with E-state index < -0.39 is 16.1 Å². The molecule has 0 nitrogen and oxygen atoms in total. The fraction of sp³-hybridized carbons (Fsp3) is 0.583. The standard InChI is InChI=1S/2C12H19Si.2ClH.Hf/c2*1-3-11-6-7-12(10-11)13(4-2)8-5-9-13;;;/h2*6-7,10H,3-5,8-9H2,1-2H3;2*1H;/q2*-1;;;+4/p-2. The van der Waals surface area contributed by atoms with Crippen molar-refractivity contribution in [2.45, 2.75) is 89.6 Å². The summed E-state index contributed by atoms with van der Waals surface area (Å²) in [6, 6.07) is 23.6. The fourth-order valence-electron chi connectivity index (χ4n) is 4.98. The van der Waals surface area contributed by atoms with Crippen LogP contribution in [0.15, 0.2) is 36.4 Å². The SMILES string of the molecule is CC[c-]1ccc([Si]2(CC)CCC2)c1.CC[c-]1ccc([Si]2(CC)CCC2)c1.[Cl-].[Cl-].[Hf+4]. The van der Waals surface area contributed by atoms with Gasteiger partial charge < -0.3 is 24.8 Å². The molecule has 2 aromatic rings. The van der Waals surface area contributed by atoms with E-state index in [4.69, 9.17) is 0 Å². The van der Waals surface area contributed by atoms with E-state index in [-0.39, 0.29) is 50.7 Å². The van der Waals surface area contributed by atoms with Gasteiger partial charge in [0.05, 0.1) is 0 Å². The second-order valence-electron chi connectivity index (χ2n) is 8.70. The molecule has 2 aliphatic heterocycles. The van der Waals surface area contributed by atoms with Gasteiger partial charge in [0.1, 0.15) is 0 Å². The van der Waals surface area contributed by atoms with Gasteiger partial charge in [-0.25, -0.2) is 22.5 Å². The van der Waals surface area contributed by atoms with Gasteiger partial charge in [-0.2, -0.15) is 35.4 Å². The Hall–Kier alpha value is 0.584. The first-order valence-electron chi connectivity index (χ1n) is 11.1. The van der Waals surface area contributed by atoms with Gasteiger partial charge in [0, 0.05) is 16.1 Å².